The summed E-state index contributed by atoms with van der Waals surface area (Å²) >= 11 is 0. The van der Waals surface area contributed by atoms with E-state index in [-0.39, 0.29) is 6.09 Å². The number of amides is 1. The van der Waals surface area contributed by atoms with Crippen LogP contribution in [0.5, 0.6) is 0 Å². The van der Waals surface area contributed by atoms with E-state index in [1.807, 2.05) is 25.7 Å². The number of ether oxygens (including phenoxy) is 1. The highest BCUT2D eigenvalue weighted by Crippen LogP contribution is 2.20. The second-order valence-corrected chi connectivity index (χ2v) is 7.33. The lowest BCUT2D eigenvalue weighted by Crippen LogP contribution is -2.45. The summed E-state index contributed by atoms with van der Waals surface area (Å²) in [6.45, 7) is 8.98. The van der Waals surface area contributed by atoms with Gasteiger partial charge in [0.25, 0.3) is 0 Å². The molecule has 1 saturated heterocycles. The monoisotopic (exact) mass is 320 g/mol. The second-order valence-electron chi connectivity index (χ2n) is 7.33. The molecule has 1 fully saturated rings. The Labute approximate surface area is 138 Å². The Morgan fingerprint density at radius 2 is 2.22 bits per heavy atom. The molecule has 6 heteroatoms. The fourth-order valence-corrected chi connectivity index (χ4v) is 2.90. The fraction of sp³-hybridized carbons (Fsp3) is 0.706. The molecule has 0 aromatic carbocycles. The van der Waals surface area contributed by atoms with E-state index in [1.165, 1.54) is 0 Å². The predicted molar refractivity (Wildman–Crippen MR) is 88.9 cm³/mol. The van der Waals surface area contributed by atoms with Gasteiger partial charge in [0, 0.05) is 44.8 Å². The van der Waals surface area contributed by atoms with Crippen LogP contribution >= 0.6 is 0 Å². The number of carbonyl (C=O) groups is 1. The Morgan fingerprint density at radius 1 is 1.43 bits per heavy atom. The Morgan fingerprint density at radius 3 is 2.87 bits per heavy atom. The number of rotatable bonds is 4. The molecule has 2 rings (SSSR count). The van der Waals surface area contributed by atoms with E-state index in [0.29, 0.717) is 5.92 Å². The molecule has 6 nitrogen and oxygen atoms in total. The molecule has 128 valence electrons. The molecule has 0 aliphatic carbocycles. The van der Waals surface area contributed by atoms with Gasteiger partial charge in [-0.25, -0.2) is 4.79 Å². The predicted octanol–water partition coefficient (Wildman–Crippen LogP) is 2.56. The smallest absolute Gasteiger partial charge is 0.410 e. The standard InChI is InChI=1S/C17H28N4O2/c1-17(2,3)23-16(22)21-9-5-6-14(12-21)11-20(4)13-15-10-18-7-8-19-15/h7-8,10,14H,5-6,9,11-13H2,1-4H3/t14-/m1/s1. The van der Waals surface area contributed by atoms with Crippen LogP contribution in [0.4, 0.5) is 4.79 Å². The van der Waals surface area contributed by atoms with Crippen LogP contribution in [0.25, 0.3) is 0 Å². The molecular weight excluding hydrogens is 292 g/mol. The highest BCUT2D eigenvalue weighted by atomic mass is 16.6. The van der Waals surface area contributed by atoms with E-state index in [4.69, 9.17) is 4.74 Å². The van der Waals surface area contributed by atoms with Crippen molar-refractivity contribution in [3.05, 3.63) is 24.3 Å². The third-order valence-electron chi connectivity index (χ3n) is 3.79. The number of hydrogen-bond donors (Lipinski definition) is 0. The SMILES string of the molecule is CN(Cc1cnccn1)C[C@H]1CCCN(C(=O)OC(C)(C)C)C1. The molecule has 2 heterocycles. The first-order valence-electron chi connectivity index (χ1n) is 8.25. The summed E-state index contributed by atoms with van der Waals surface area (Å²) in [5.41, 5.74) is 0.530. The van der Waals surface area contributed by atoms with Gasteiger partial charge in [-0.15, -0.1) is 0 Å². The fourth-order valence-electron chi connectivity index (χ4n) is 2.90. The van der Waals surface area contributed by atoms with E-state index in [0.717, 1.165) is 44.7 Å². The Hall–Kier alpha value is -1.69. The van der Waals surface area contributed by atoms with E-state index >= 15 is 0 Å². The largest absolute Gasteiger partial charge is 0.444 e. The van der Waals surface area contributed by atoms with Crippen LogP contribution in [0.1, 0.15) is 39.3 Å². The van der Waals surface area contributed by atoms with Gasteiger partial charge in [0.1, 0.15) is 5.60 Å². The van der Waals surface area contributed by atoms with E-state index in [1.54, 1.807) is 18.6 Å². The molecule has 0 unspecified atom stereocenters. The van der Waals surface area contributed by atoms with Crippen LogP contribution in [0.3, 0.4) is 0 Å². The van der Waals surface area contributed by atoms with Crippen molar-refractivity contribution in [1.29, 1.82) is 0 Å². The van der Waals surface area contributed by atoms with Crippen molar-refractivity contribution in [3.8, 4) is 0 Å². The molecule has 0 N–H and O–H groups in total. The lowest BCUT2D eigenvalue weighted by atomic mass is 9.98. The van der Waals surface area contributed by atoms with E-state index in [9.17, 15) is 4.79 Å². The summed E-state index contributed by atoms with van der Waals surface area (Å²) in [4.78, 5) is 24.7. The van der Waals surface area contributed by atoms with Gasteiger partial charge >= 0.3 is 6.09 Å². The van der Waals surface area contributed by atoms with E-state index < -0.39 is 5.60 Å². The number of nitrogens with zero attached hydrogens (tertiary/aromatic N) is 4. The zero-order chi connectivity index (χ0) is 16.9. The minimum Gasteiger partial charge on any atom is -0.444 e. The maximum atomic E-state index is 12.2. The zero-order valence-corrected chi connectivity index (χ0v) is 14.7. The molecule has 1 aromatic heterocycles. The maximum absolute atomic E-state index is 12.2. The van der Waals surface area contributed by atoms with Crippen molar-refractivity contribution < 1.29 is 9.53 Å². The van der Waals surface area contributed by atoms with Crippen molar-refractivity contribution in [2.75, 3.05) is 26.7 Å². The van der Waals surface area contributed by atoms with Crippen LogP contribution < -0.4 is 0 Å². The number of likely N-dealkylation sites (tertiary alicyclic amines) is 1. The summed E-state index contributed by atoms with van der Waals surface area (Å²) in [6.07, 6.45) is 7.17. The first kappa shape index (κ1) is 17.7. The van der Waals surface area contributed by atoms with Crippen LogP contribution in [-0.4, -0.2) is 58.1 Å². The third kappa shape index (κ3) is 6.14. The molecule has 1 amide bonds. The number of hydrogen-bond acceptors (Lipinski definition) is 5. The van der Waals surface area contributed by atoms with Gasteiger partial charge in [-0.05, 0) is 46.6 Å². The average Bonchev–Trinajstić information content (AvgIpc) is 2.46. The molecule has 1 aliphatic heterocycles. The van der Waals surface area contributed by atoms with Crippen molar-refractivity contribution in [2.45, 2.75) is 45.8 Å². The lowest BCUT2D eigenvalue weighted by Gasteiger charge is -2.35. The minimum absolute atomic E-state index is 0.196. The molecule has 1 aromatic rings. The van der Waals surface area contributed by atoms with Crippen LogP contribution in [0, 0.1) is 5.92 Å². The number of piperidine rings is 1. The third-order valence-corrected chi connectivity index (χ3v) is 3.79. The van der Waals surface area contributed by atoms with Crippen molar-refractivity contribution in [1.82, 2.24) is 19.8 Å². The maximum Gasteiger partial charge on any atom is 0.410 e. The molecule has 0 radical (unpaired) electrons. The molecule has 0 saturated carbocycles. The Bertz CT molecular complexity index is 501. The van der Waals surface area contributed by atoms with Gasteiger partial charge in [0.2, 0.25) is 0 Å². The molecule has 1 atom stereocenters. The molecule has 0 bridgehead atoms. The van der Waals surface area contributed by atoms with Crippen molar-refractivity contribution >= 4 is 6.09 Å². The van der Waals surface area contributed by atoms with Crippen molar-refractivity contribution in [3.63, 3.8) is 0 Å². The molecule has 0 spiro atoms. The summed E-state index contributed by atoms with van der Waals surface area (Å²) in [5.74, 6) is 0.470. The first-order valence-corrected chi connectivity index (χ1v) is 8.25. The van der Waals surface area contributed by atoms with Crippen LogP contribution in [-0.2, 0) is 11.3 Å². The van der Waals surface area contributed by atoms with Gasteiger partial charge in [-0.2, -0.15) is 0 Å². The van der Waals surface area contributed by atoms with Gasteiger partial charge in [0.15, 0.2) is 0 Å². The minimum atomic E-state index is -0.438. The quantitative estimate of drug-likeness (QED) is 0.853. The number of aromatic nitrogens is 2. The Balaban J connectivity index is 1.82. The normalized spacial score (nSPS) is 19.0. The summed E-state index contributed by atoms with van der Waals surface area (Å²) in [6, 6.07) is 0. The summed E-state index contributed by atoms with van der Waals surface area (Å²) in [7, 11) is 2.08. The first-order chi connectivity index (χ1) is 10.8. The zero-order valence-electron chi connectivity index (χ0n) is 14.7. The highest BCUT2D eigenvalue weighted by molar-refractivity contribution is 5.68. The van der Waals surface area contributed by atoms with Gasteiger partial charge in [-0.1, -0.05) is 0 Å². The molecule has 1 aliphatic rings. The summed E-state index contributed by atoms with van der Waals surface area (Å²) in [5, 5.41) is 0. The van der Waals surface area contributed by atoms with Gasteiger partial charge in [0.05, 0.1) is 5.69 Å². The number of carbonyl (C=O) groups excluding carboxylic acids is 1. The van der Waals surface area contributed by atoms with Crippen LogP contribution in [0.2, 0.25) is 0 Å². The van der Waals surface area contributed by atoms with Gasteiger partial charge < -0.3 is 14.5 Å². The lowest BCUT2D eigenvalue weighted by molar-refractivity contribution is 0.0147. The second kappa shape index (κ2) is 7.73. The molecule has 23 heavy (non-hydrogen) atoms. The molecular formula is C17H28N4O2. The highest BCUT2D eigenvalue weighted by Gasteiger charge is 2.28. The van der Waals surface area contributed by atoms with Crippen LogP contribution in [0.15, 0.2) is 18.6 Å². The summed E-state index contributed by atoms with van der Waals surface area (Å²) < 4.78 is 5.48. The van der Waals surface area contributed by atoms with Gasteiger partial charge in [-0.3, -0.25) is 9.97 Å². The topological polar surface area (TPSA) is 58.6 Å². The van der Waals surface area contributed by atoms with Crippen molar-refractivity contribution in [2.24, 2.45) is 5.92 Å². The Kier molecular flexibility index (Phi) is 5.93. The average molecular weight is 320 g/mol. The van der Waals surface area contributed by atoms with E-state index in [2.05, 4.69) is 21.9 Å².